The van der Waals surface area contributed by atoms with Crippen molar-refractivity contribution in [2.24, 2.45) is 0 Å². The van der Waals surface area contributed by atoms with Crippen molar-refractivity contribution in [2.75, 3.05) is 26.2 Å². The van der Waals surface area contributed by atoms with E-state index in [2.05, 4.69) is 38.9 Å². The van der Waals surface area contributed by atoms with Gasteiger partial charge in [0, 0.05) is 38.4 Å². The Kier molecular flexibility index (Phi) is 5.94. The Morgan fingerprint density at radius 3 is 2.64 bits per heavy atom. The summed E-state index contributed by atoms with van der Waals surface area (Å²) in [7, 11) is 0. The van der Waals surface area contributed by atoms with E-state index in [4.69, 9.17) is 21.6 Å². The maximum atomic E-state index is 9.00. The third-order valence-corrected chi connectivity index (χ3v) is 5.93. The first kappa shape index (κ1) is 19.0. The molecule has 1 saturated carbocycles. The van der Waals surface area contributed by atoms with Crippen LogP contribution in [0.15, 0.2) is 42.4 Å². The van der Waals surface area contributed by atoms with E-state index >= 15 is 0 Å². The fourth-order valence-electron chi connectivity index (χ4n) is 4.12. The summed E-state index contributed by atoms with van der Waals surface area (Å²) < 4.78 is 6.13. The number of hydrazine groups is 1. The molecule has 3 aliphatic rings. The smallest absolute Gasteiger partial charge is 0.123 e. The average Bonchev–Trinajstić information content (AvgIpc) is 2.75. The summed E-state index contributed by atoms with van der Waals surface area (Å²) in [6.45, 7) is 4.14. The van der Waals surface area contributed by atoms with Crippen LogP contribution in [-0.2, 0) is 0 Å². The summed E-state index contributed by atoms with van der Waals surface area (Å²) in [5.74, 6) is 2.01. The highest BCUT2D eigenvalue weighted by molar-refractivity contribution is 6.31. The molecule has 2 heterocycles. The Morgan fingerprint density at radius 1 is 1.14 bits per heavy atom. The van der Waals surface area contributed by atoms with Gasteiger partial charge in [0.2, 0.25) is 0 Å². The molecular formula is C21H26ClN5O. The molecule has 2 N–H and O–H groups in total. The highest BCUT2D eigenvalue weighted by Crippen LogP contribution is 2.30. The minimum atomic E-state index is 0.187. The Labute approximate surface area is 171 Å². The fraction of sp³-hybridized carbons (Fsp3) is 0.476. The first-order valence-electron chi connectivity index (χ1n) is 9.99. The molecule has 7 heteroatoms. The molecule has 1 saturated heterocycles. The number of allylic oxidation sites excluding steroid dienone is 2. The van der Waals surface area contributed by atoms with Gasteiger partial charge in [0.05, 0.1) is 22.7 Å². The summed E-state index contributed by atoms with van der Waals surface area (Å²) in [6, 6.07) is 7.83. The fourth-order valence-corrected chi connectivity index (χ4v) is 4.33. The number of nitriles is 1. The molecule has 0 unspecified atom stereocenters. The summed E-state index contributed by atoms with van der Waals surface area (Å²) in [5.41, 5.74) is 3.94. The molecule has 0 radical (unpaired) electrons. The molecule has 4 rings (SSSR count). The summed E-state index contributed by atoms with van der Waals surface area (Å²) in [5, 5.41) is 15.2. The molecule has 1 aliphatic carbocycles. The number of hydrogen-bond acceptors (Lipinski definition) is 6. The second-order valence-electron chi connectivity index (χ2n) is 7.42. The van der Waals surface area contributed by atoms with Gasteiger partial charge in [-0.3, -0.25) is 5.01 Å². The predicted molar refractivity (Wildman–Crippen MR) is 109 cm³/mol. The van der Waals surface area contributed by atoms with Crippen LogP contribution in [0, 0.1) is 11.3 Å². The first-order chi connectivity index (χ1) is 13.7. The minimum absolute atomic E-state index is 0.187. The Bertz CT molecular complexity index is 788. The van der Waals surface area contributed by atoms with Crippen LogP contribution >= 0.6 is 11.6 Å². The van der Waals surface area contributed by atoms with Gasteiger partial charge in [-0.25, -0.2) is 0 Å². The van der Waals surface area contributed by atoms with Crippen LogP contribution in [0.4, 0.5) is 0 Å². The maximum Gasteiger partial charge on any atom is 0.123 e. The zero-order chi connectivity index (χ0) is 19.3. The van der Waals surface area contributed by atoms with E-state index < -0.39 is 0 Å². The van der Waals surface area contributed by atoms with Crippen LogP contribution in [0.25, 0.3) is 0 Å². The van der Waals surface area contributed by atoms with Crippen molar-refractivity contribution < 1.29 is 4.74 Å². The van der Waals surface area contributed by atoms with Crippen LogP contribution in [0.2, 0.25) is 5.02 Å². The highest BCUT2D eigenvalue weighted by Gasteiger charge is 2.30. The maximum absolute atomic E-state index is 9.00. The van der Waals surface area contributed by atoms with E-state index in [0.717, 1.165) is 57.6 Å². The second kappa shape index (κ2) is 8.76. The standard InChI is InChI=1S/C21H26ClN5O/c22-20-14-19(6-3-16(20)15-23)28-18-7-4-17(5-8-18)27-21(2-1-9-25-27)26-12-10-24-11-13-26/h1-3,6,9,14,17-18,24-25H,4-5,7-8,10-13H2. The third-order valence-electron chi connectivity index (χ3n) is 5.62. The zero-order valence-corrected chi connectivity index (χ0v) is 16.7. The van der Waals surface area contributed by atoms with Crippen molar-refractivity contribution in [3.05, 3.63) is 53.0 Å². The highest BCUT2D eigenvalue weighted by atomic mass is 35.5. The van der Waals surface area contributed by atoms with Gasteiger partial charge < -0.3 is 20.4 Å². The Morgan fingerprint density at radius 2 is 1.93 bits per heavy atom. The van der Waals surface area contributed by atoms with Crippen LogP contribution in [0.1, 0.15) is 31.2 Å². The van der Waals surface area contributed by atoms with Crippen molar-refractivity contribution in [2.45, 2.75) is 37.8 Å². The normalized spacial score (nSPS) is 24.9. The van der Waals surface area contributed by atoms with Crippen molar-refractivity contribution in [3.63, 3.8) is 0 Å². The van der Waals surface area contributed by atoms with Crippen molar-refractivity contribution in [1.82, 2.24) is 20.7 Å². The molecule has 148 valence electrons. The Hall–Kier alpha value is -2.36. The molecule has 0 aromatic heterocycles. The quantitative estimate of drug-likeness (QED) is 0.811. The molecule has 6 nitrogen and oxygen atoms in total. The van der Waals surface area contributed by atoms with Crippen LogP contribution < -0.4 is 15.5 Å². The molecule has 0 amide bonds. The van der Waals surface area contributed by atoms with Crippen molar-refractivity contribution in [1.29, 1.82) is 5.26 Å². The van der Waals surface area contributed by atoms with Gasteiger partial charge in [-0.05, 0) is 50.0 Å². The zero-order valence-electron chi connectivity index (χ0n) is 15.9. The summed E-state index contributed by atoms with van der Waals surface area (Å²) >= 11 is 6.12. The van der Waals surface area contributed by atoms with Crippen LogP contribution in [0.5, 0.6) is 5.75 Å². The SMILES string of the molecule is N#Cc1ccc(OC2CCC(N3NC=CC=C3N3CCNCC3)CC2)cc1Cl. The average molecular weight is 400 g/mol. The molecule has 0 bridgehead atoms. The van der Waals surface area contributed by atoms with E-state index in [9.17, 15) is 0 Å². The minimum Gasteiger partial charge on any atom is -0.490 e. The number of ether oxygens (including phenoxy) is 1. The molecule has 0 atom stereocenters. The number of benzene rings is 1. The van der Waals surface area contributed by atoms with Crippen LogP contribution in [-0.4, -0.2) is 48.2 Å². The van der Waals surface area contributed by atoms with Gasteiger partial charge in [-0.2, -0.15) is 5.26 Å². The summed E-state index contributed by atoms with van der Waals surface area (Å²) in [4.78, 5) is 2.45. The topological polar surface area (TPSA) is 63.6 Å². The van der Waals surface area contributed by atoms with Gasteiger partial charge in [0.25, 0.3) is 0 Å². The van der Waals surface area contributed by atoms with Gasteiger partial charge in [0.1, 0.15) is 17.6 Å². The number of hydrogen-bond donors (Lipinski definition) is 2. The van der Waals surface area contributed by atoms with E-state index in [1.54, 1.807) is 12.1 Å². The lowest BCUT2D eigenvalue weighted by Crippen LogP contribution is -2.53. The summed E-state index contributed by atoms with van der Waals surface area (Å²) in [6.07, 6.45) is 10.6. The third kappa shape index (κ3) is 4.21. The van der Waals surface area contributed by atoms with Crippen molar-refractivity contribution >= 4 is 11.6 Å². The number of halogens is 1. The lowest BCUT2D eigenvalue weighted by Gasteiger charge is -2.44. The van der Waals surface area contributed by atoms with Gasteiger partial charge in [-0.1, -0.05) is 11.6 Å². The van der Waals surface area contributed by atoms with E-state index in [1.807, 2.05) is 12.3 Å². The molecule has 1 aromatic carbocycles. The van der Waals surface area contributed by atoms with Crippen molar-refractivity contribution in [3.8, 4) is 11.8 Å². The second-order valence-corrected chi connectivity index (χ2v) is 7.83. The molecular weight excluding hydrogens is 374 g/mol. The predicted octanol–water partition coefficient (Wildman–Crippen LogP) is 2.98. The first-order valence-corrected chi connectivity index (χ1v) is 10.4. The molecule has 2 aliphatic heterocycles. The lowest BCUT2D eigenvalue weighted by molar-refractivity contribution is 0.0611. The van der Waals surface area contributed by atoms with Gasteiger partial charge >= 0.3 is 0 Å². The van der Waals surface area contributed by atoms with E-state index in [0.29, 0.717) is 16.6 Å². The van der Waals surface area contributed by atoms with E-state index in [1.165, 1.54) is 5.82 Å². The number of nitrogens with one attached hydrogen (secondary N) is 2. The molecule has 2 fully saturated rings. The largest absolute Gasteiger partial charge is 0.490 e. The molecule has 28 heavy (non-hydrogen) atoms. The monoisotopic (exact) mass is 399 g/mol. The number of piperazine rings is 1. The van der Waals surface area contributed by atoms with Gasteiger partial charge in [-0.15, -0.1) is 0 Å². The lowest BCUT2D eigenvalue weighted by atomic mass is 9.92. The Balaban J connectivity index is 1.34. The number of rotatable bonds is 4. The van der Waals surface area contributed by atoms with Crippen LogP contribution in [0.3, 0.4) is 0 Å². The molecule has 1 aromatic rings. The molecule has 0 spiro atoms. The van der Waals surface area contributed by atoms with E-state index in [-0.39, 0.29) is 6.10 Å². The number of nitrogens with zero attached hydrogens (tertiary/aromatic N) is 3. The van der Waals surface area contributed by atoms with Gasteiger partial charge in [0.15, 0.2) is 0 Å².